The molecule has 0 fully saturated rings. The number of rotatable bonds is 7. The molecular weight excluding hydrogens is 262 g/mol. The minimum Gasteiger partial charge on any atom is -0.315 e. The van der Waals surface area contributed by atoms with Crippen molar-refractivity contribution >= 4 is 19.7 Å². The largest absolute Gasteiger partial charge is 0.315 e. The summed E-state index contributed by atoms with van der Waals surface area (Å²) in [7, 11) is -6.11. The molecule has 5 nitrogen and oxygen atoms in total. The van der Waals surface area contributed by atoms with Crippen LogP contribution in [0, 0.1) is 0 Å². The quantitative estimate of drug-likeness (QED) is 0.677. The first-order valence-electron chi connectivity index (χ1n) is 5.65. The Hall–Kier alpha value is -0.140. The average molecular weight is 285 g/mol. The molecule has 1 N–H and O–H groups in total. The maximum absolute atomic E-state index is 11.7. The Kier molecular flexibility index (Phi) is 6.10. The van der Waals surface area contributed by atoms with Gasteiger partial charge in [-0.3, -0.25) is 0 Å². The molecule has 0 aliphatic heterocycles. The van der Waals surface area contributed by atoms with Crippen molar-refractivity contribution in [2.24, 2.45) is 0 Å². The molecule has 0 aromatic rings. The average Bonchev–Trinajstić information content (AvgIpc) is 2.15. The van der Waals surface area contributed by atoms with Crippen LogP contribution in [0.4, 0.5) is 0 Å². The lowest BCUT2D eigenvalue weighted by atomic mass is 10.3. The summed E-state index contributed by atoms with van der Waals surface area (Å²) >= 11 is 0. The van der Waals surface area contributed by atoms with Crippen molar-refractivity contribution in [1.29, 1.82) is 0 Å². The Morgan fingerprint density at radius 1 is 0.941 bits per heavy atom. The van der Waals surface area contributed by atoms with Gasteiger partial charge in [0.05, 0.1) is 16.3 Å². The molecule has 7 heteroatoms. The topological polar surface area (TPSA) is 80.3 Å². The van der Waals surface area contributed by atoms with Crippen LogP contribution in [0.2, 0.25) is 0 Å². The lowest BCUT2D eigenvalue weighted by Crippen LogP contribution is -2.35. The second-order valence-corrected chi connectivity index (χ2v) is 10.3. The molecule has 17 heavy (non-hydrogen) atoms. The summed E-state index contributed by atoms with van der Waals surface area (Å²) in [6, 6.07) is 0. The van der Waals surface area contributed by atoms with Crippen LogP contribution < -0.4 is 5.32 Å². The number of sulfone groups is 2. The van der Waals surface area contributed by atoms with E-state index >= 15 is 0 Å². The fourth-order valence-corrected chi connectivity index (χ4v) is 2.78. The summed E-state index contributed by atoms with van der Waals surface area (Å²) in [4.78, 5) is 0. The summed E-state index contributed by atoms with van der Waals surface area (Å²) in [6.07, 6.45) is 0. The van der Waals surface area contributed by atoms with E-state index in [9.17, 15) is 16.8 Å². The highest BCUT2D eigenvalue weighted by Gasteiger charge is 2.27. The van der Waals surface area contributed by atoms with E-state index in [0.717, 1.165) is 0 Å². The van der Waals surface area contributed by atoms with E-state index in [1.807, 2.05) is 0 Å². The molecule has 0 bridgehead atoms. The molecule has 0 rings (SSSR count). The molecule has 0 spiro atoms. The second-order valence-electron chi connectivity index (χ2n) is 4.92. The van der Waals surface area contributed by atoms with Gasteiger partial charge in [0, 0.05) is 18.8 Å². The SMILES string of the molecule is CCS(=O)(=O)CCNCCS(=O)(=O)C(C)(C)C. The molecular formula is C10H23NO4S2. The first-order chi connectivity index (χ1) is 7.52. The van der Waals surface area contributed by atoms with Crippen molar-refractivity contribution in [1.82, 2.24) is 5.32 Å². The highest BCUT2D eigenvalue weighted by atomic mass is 32.2. The van der Waals surface area contributed by atoms with Crippen molar-refractivity contribution < 1.29 is 16.8 Å². The van der Waals surface area contributed by atoms with Gasteiger partial charge in [-0.05, 0) is 20.8 Å². The number of hydrogen-bond donors (Lipinski definition) is 1. The van der Waals surface area contributed by atoms with Gasteiger partial charge in [-0.15, -0.1) is 0 Å². The Morgan fingerprint density at radius 3 is 1.82 bits per heavy atom. The van der Waals surface area contributed by atoms with E-state index in [0.29, 0.717) is 13.1 Å². The Balaban J connectivity index is 3.97. The molecule has 0 amide bonds. The van der Waals surface area contributed by atoms with E-state index in [1.165, 1.54) is 0 Å². The van der Waals surface area contributed by atoms with Crippen LogP contribution in [0.3, 0.4) is 0 Å². The smallest absolute Gasteiger partial charge is 0.156 e. The van der Waals surface area contributed by atoms with Gasteiger partial charge in [0.1, 0.15) is 0 Å². The molecule has 0 aliphatic rings. The molecule has 0 heterocycles. The Labute approximate surface area is 105 Å². The highest BCUT2D eigenvalue weighted by molar-refractivity contribution is 7.92. The lowest BCUT2D eigenvalue weighted by Gasteiger charge is -2.19. The van der Waals surface area contributed by atoms with Gasteiger partial charge in [-0.2, -0.15) is 0 Å². The zero-order valence-corrected chi connectivity index (χ0v) is 12.6. The van der Waals surface area contributed by atoms with Gasteiger partial charge in [-0.1, -0.05) is 6.92 Å². The lowest BCUT2D eigenvalue weighted by molar-refractivity contribution is 0.556. The van der Waals surface area contributed by atoms with Gasteiger partial charge < -0.3 is 5.32 Å². The van der Waals surface area contributed by atoms with Crippen LogP contribution in [-0.4, -0.2) is 51.9 Å². The molecule has 0 atom stereocenters. The van der Waals surface area contributed by atoms with Gasteiger partial charge >= 0.3 is 0 Å². The zero-order valence-electron chi connectivity index (χ0n) is 11.0. The van der Waals surface area contributed by atoms with E-state index < -0.39 is 24.4 Å². The van der Waals surface area contributed by atoms with E-state index in [-0.39, 0.29) is 17.3 Å². The summed E-state index contributed by atoms with van der Waals surface area (Å²) in [5.74, 6) is 0.205. The maximum Gasteiger partial charge on any atom is 0.156 e. The summed E-state index contributed by atoms with van der Waals surface area (Å²) in [6.45, 7) is 7.16. The van der Waals surface area contributed by atoms with Crippen molar-refractivity contribution in [2.45, 2.75) is 32.4 Å². The summed E-state index contributed by atoms with van der Waals surface area (Å²) < 4.78 is 45.0. The van der Waals surface area contributed by atoms with Gasteiger partial charge in [0.15, 0.2) is 19.7 Å². The molecule has 0 aromatic carbocycles. The standard InChI is InChI=1S/C10H23NO4S2/c1-5-16(12,13)8-6-11-7-9-17(14,15)10(2,3)4/h11H,5-9H2,1-4H3. The third-order valence-electron chi connectivity index (χ3n) is 2.51. The van der Waals surface area contributed by atoms with E-state index in [2.05, 4.69) is 5.32 Å². The van der Waals surface area contributed by atoms with Gasteiger partial charge in [-0.25, -0.2) is 16.8 Å². The number of hydrogen-bond acceptors (Lipinski definition) is 5. The fraction of sp³-hybridized carbons (Fsp3) is 1.00. The van der Waals surface area contributed by atoms with Crippen LogP contribution in [0.15, 0.2) is 0 Å². The molecule has 0 saturated carbocycles. The summed E-state index contributed by atoms with van der Waals surface area (Å²) in [5, 5.41) is 2.85. The normalized spacial score (nSPS) is 13.9. The van der Waals surface area contributed by atoms with Crippen molar-refractivity contribution in [3.8, 4) is 0 Å². The second kappa shape index (κ2) is 6.15. The van der Waals surface area contributed by atoms with Crippen molar-refractivity contribution in [3.63, 3.8) is 0 Å². The third kappa shape index (κ3) is 6.38. The van der Waals surface area contributed by atoms with Crippen LogP contribution in [0.25, 0.3) is 0 Å². The monoisotopic (exact) mass is 285 g/mol. The van der Waals surface area contributed by atoms with Crippen molar-refractivity contribution in [3.05, 3.63) is 0 Å². The van der Waals surface area contributed by atoms with Crippen LogP contribution in [-0.2, 0) is 19.7 Å². The molecule has 0 aliphatic carbocycles. The van der Waals surface area contributed by atoms with Gasteiger partial charge in [0.2, 0.25) is 0 Å². The highest BCUT2D eigenvalue weighted by Crippen LogP contribution is 2.14. The predicted octanol–water partition coefficient (Wildman–Crippen LogP) is 0.224. The molecule has 0 saturated heterocycles. The molecule has 0 unspecified atom stereocenters. The maximum atomic E-state index is 11.7. The number of nitrogens with one attached hydrogen (secondary N) is 1. The van der Waals surface area contributed by atoms with Crippen LogP contribution in [0.5, 0.6) is 0 Å². The van der Waals surface area contributed by atoms with E-state index in [1.54, 1.807) is 27.7 Å². The molecule has 104 valence electrons. The predicted molar refractivity (Wildman–Crippen MR) is 70.7 cm³/mol. The Morgan fingerprint density at radius 2 is 1.41 bits per heavy atom. The minimum absolute atomic E-state index is 0.0304. The first kappa shape index (κ1) is 16.9. The fourth-order valence-electron chi connectivity index (χ4n) is 1.01. The van der Waals surface area contributed by atoms with Gasteiger partial charge in [0.25, 0.3) is 0 Å². The summed E-state index contributed by atoms with van der Waals surface area (Å²) in [5.41, 5.74) is 0. The Bertz CT molecular complexity index is 418. The molecule has 0 aromatic heterocycles. The zero-order chi connectivity index (χ0) is 13.7. The van der Waals surface area contributed by atoms with Crippen LogP contribution in [0.1, 0.15) is 27.7 Å². The molecule has 0 radical (unpaired) electrons. The minimum atomic E-state index is -3.13. The van der Waals surface area contributed by atoms with E-state index in [4.69, 9.17) is 0 Å². The van der Waals surface area contributed by atoms with Crippen LogP contribution >= 0.6 is 0 Å². The first-order valence-corrected chi connectivity index (χ1v) is 9.12. The third-order valence-corrected chi connectivity index (χ3v) is 6.82. The van der Waals surface area contributed by atoms with Crippen molar-refractivity contribution in [2.75, 3.05) is 30.3 Å².